The number of nitrogens with zero attached hydrogens (tertiary/aromatic N) is 2. The van der Waals surface area contributed by atoms with E-state index in [0.717, 1.165) is 40.3 Å². The summed E-state index contributed by atoms with van der Waals surface area (Å²) in [5.41, 5.74) is 4.10. The van der Waals surface area contributed by atoms with Crippen molar-refractivity contribution < 1.29 is 18.9 Å². The van der Waals surface area contributed by atoms with Crippen LogP contribution < -0.4 is 18.9 Å². The van der Waals surface area contributed by atoms with Crippen molar-refractivity contribution in [1.82, 2.24) is 5.01 Å². The highest BCUT2D eigenvalue weighted by molar-refractivity contribution is 6.02. The lowest BCUT2D eigenvalue weighted by molar-refractivity contribution is -0.0209. The van der Waals surface area contributed by atoms with Gasteiger partial charge in [0, 0.05) is 23.1 Å². The van der Waals surface area contributed by atoms with E-state index in [4.69, 9.17) is 24.0 Å². The van der Waals surface area contributed by atoms with Crippen LogP contribution in [0.3, 0.4) is 0 Å². The first kappa shape index (κ1) is 19.3. The van der Waals surface area contributed by atoms with Gasteiger partial charge in [-0.1, -0.05) is 42.5 Å². The summed E-state index contributed by atoms with van der Waals surface area (Å²) in [6.07, 6.45) is 0.412. The first-order valence-corrected chi connectivity index (χ1v) is 10.2. The summed E-state index contributed by atoms with van der Waals surface area (Å²) < 4.78 is 23.0. The molecule has 0 bridgehead atoms. The lowest BCUT2D eigenvalue weighted by Gasteiger charge is -2.38. The number of hydrogen-bond acceptors (Lipinski definition) is 6. The third-order valence-corrected chi connectivity index (χ3v) is 5.80. The number of hydrogen-bond donors (Lipinski definition) is 0. The molecule has 0 unspecified atom stereocenters. The Morgan fingerprint density at radius 3 is 2.35 bits per heavy atom. The Morgan fingerprint density at radius 2 is 1.61 bits per heavy atom. The fraction of sp³-hybridized carbons (Fsp3) is 0.240. The molecule has 0 aliphatic carbocycles. The second kappa shape index (κ2) is 7.87. The molecule has 0 N–H and O–H groups in total. The van der Waals surface area contributed by atoms with E-state index in [0.29, 0.717) is 11.5 Å². The van der Waals surface area contributed by atoms with Crippen molar-refractivity contribution in [2.75, 3.05) is 21.3 Å². The van der Waals surface area contributed by atoms with Gasteiger partial charge in [0.05, 0.1) is 33.1 Å². The summed E-state index contributed by atoms with van der Waals surface area (Å²) in [6, 6.07) is 22.1. The quantitative estimate of drug-likeness (QED) is 0.589. The van der Waals surface area contributed by atoms with Crippen LogP contribution in [0.5, 0.6) is 23.0 Å². The Bertz CT molecular complexity index is 1130. The second-order valence-electron chi connectivity index (χ2n) is 7.48. The van der Waals surface area contributed by atoms with Gasteiger partial charge in [-0.3, -0.25) is 0 Å². The average Bonchev–Trinajstić information content (AvgIpc) is 3.29. The highest BCUT2D eigenvalue weighted by Gasteiger charge is 2.42. The lowest BCUT2D eigenvalue weighted by atomic mass is 9.95. The van der Waals surface area contributed by atoms with Crippen LogP contribution in [0.15, 0.2) is 71.8 Å². The summed E-state index contributed by atoms with van der Waals surface area (Å²) in [7, 11) is 4.95. The third-order valence-electron chi connectivity index (χ3n) is 5.80. The molecule has 2 aliphatic heterocycles. The first-order valence-electron chi connectivity index (χ1n) is 10.2. The summed E-state index contributed by atoms with van der Waals surface area (Å²) in [5, 5.41) is 7.07. The highest BCUT2D eigenvalue weighted by Crippen LogP contribution is 2.50. The molecule has 6 nitrogen and oxygen atoms in total. The maximum absolute atomic E-state index is 6.47. The molecule has 6 heteroatoms. The van der Waals surface area contributed by atoms with Crippen LogP contribution in [0.25, 0.3) is 0 Å². The Labute approximate surface area is 181 Å². The SMILES string of the molecule is COc1ccc(C2=NN3[C@H](C2)c2cccc(OC)c2O[C@@H]3c2ccccc2)cc1OC. The summed E-state index contributed by atoms with van der Waals surface area (Å²) in [6.45, 7) is 0. The molecule has 0 aromatic heterocycles. The van der Waals surface area contributed by atoms with Crippen molar-refractivity contribution in [2.45, 2.75) is 18.7 Å². The van der Waals surface area contributed by atoms with Gasteiger partial charge in [0.25, 0.3) is 0 Å². The predicted octanol–water partition coefficient (Wildman–Crippen LogP) is 4.95. The lowest BCUT2D eigenvalue weighted by Crippen LogP contribution is -2.33. The van der Waals surface area contributed by atoms with Crippen LogP contribution >= 0.6 is 0 Å². The Balaban J connectivity index is 1.60. The van der Waals surface area contributed by atoms with Crippen LogP contribution in [0.1, 0.15) is 35.4 Å². The molecule has 0 amide bonds. The van der Waals surface area contributed by atoms with Crippen molar-refractivity contribution in [1.29, 1.82) is 0 Å². The second-order valence-corrected chi connectivity index (χ2v) is 7.48. The molecular weight excluding hydrogens is 392 g/mol. The van der Waals surface area contributed by atoms with E-state index in [1.165, 1.54) is 0 Å². The summed E-state index contributed by atoms with van der Waals surface area (Å²) in [4.78, 5) is 0. The third kappa shape index (κ3) is 3.24. The standard InChI is InChI=1S/C25H24N2O4/c1-28-21-13-12-17(14-23(21)30-3)19-15-20-18-10-7-11-22(29-2)24(18)31-25(27(20)26-19)16-8-5-4-6-9-16/h4-14,20,25H,15H2,1-3H3/t20-,25-/m1/s1. The number of rotatable bonds is 5. The molecule has 2 aliphatic rings. The van der Waals surface area contributed by atoms with Gasteiger partial charge in [-0.25, -0.2) is 5.01 Å². The minimum absolute atomic E-state index is 0.0483. The van der Waals surface area contributed by atoms with Crippen LogP contribution in [0.4, 0.5) is 0 Å². The zero-order valence-corrected chi connectivity index (χ0v) is 17.7. The van der Waals surface area contributed by atoms with Crippen LogP contribution in [0.2, 0.25) is 0 Å². The minimum atomic E-state index is -0.340. The van der Waals surface area contributed by atoms with E-state index >= 15 is 0 Å². The average molecular weight is 416 g/mol. The molecule has 0 saturated carbocycles. The molecule has 2 atom stereocenters. The van der Waals surface area contributed by atoms with E-state index in [2.05, 4.69) is 23.2 Å². The van der Waals surface area contributed by atoms with E-state index < -0.39 is 0 Å². The molecule has 31 heavy (non-hydrogen) atoms. The fourth-order valence-electron chi connectivity index (χ4n) is 4.27. The molecule has 5 rings (SSSR count). The molecule has 3 aromatic rings. The molecule has 0 fully saturated rings. The predicted molar refractivity (Wildman–Crippen MR) is 118 cm³/mol. The number of hydrazone groups is 1. The fourth-order valence-corrected chi connectivity index (χ4v) is 4.27. The Kier molecular flexibility index (Phi) is 4.90. The maximum atomic E-state index is 6.47. The summed E-state index contributed by atoms with van der Waals surface area (Å²) >= 11 is 0. The van der Waals surface area contributed by atoms with Gasteiger partial charge < -0.3 is 18.9 Å². The van der Waals surface area contributed by atoms with Crippen molar-refractivity contribution in [2.24, 2.45) is 5.10 Å². The van der Waals surface area contributed by atoms with Gasteiger partial charge in [-0.15, -0.1) is 0 Å². The zero-order valence-electron chi connectivity index (χ0n) is 17.7. The first-order chi connectivity index (χ1) is 15.2. The normalized spacial score (nSPS) is 19.1. The summed E-state index contributed by atoms with van der Waals surface area (Å²) in [5.74, 6) is 2.90. The number of methoxy groups -OCH3 is 3. The van der Waals surface area contributed by atoms with Gasteiger partial charge in [-0.2, -0.15) is 5.10 Å². The highest BCUT2D eigenvalue weighted by atomic mass is 16.5. The maximum Gasteiger partial charge on any atom is 0.214 e. The van der Waals surface area contributed by atoms with Crippen LogP contribution in [-0.4, -0.2) is 32.0 Å². The molecule has 0 saturated heterocycles. The molecule has 2 heterocycles. The molecular formula is C25H24N2O4. The van der Waals surface area contributed by atoms with Crippen molar-refractivity contribution in [3.05, 3.63) is 83.4 Å². The topological polar surface area (TPSA) is 52.5 Å². The number of para-hydroxylation sites is 1. The van der Waals surface area contributed by atoms with Crippen molar-refractivity contribution >= 4 is 5.71 Å². The van der Waals surface area contributed by atoms with E-state index in [1.54, 1.807) is 21.3 Å². The molecule has 158 valence electrons. The zero-order chi connectivity index (χ0) is 21.4. The van der Waals surface area contributed by atoms with E-state index in [1.807, 2.05) is 48.5 Å². The Hall–Kier alpha value is -3.67. The number of ether oxygens (including phenoxy) is 4. The van der Waals surface area contributed by atoms with Crippen molar-refractivity contribution in [3.63, 3.8) is 0 Å². The van der Waals surface area contributed by atoms with Crippen LogP contribution in [0, 0.1) is 0 Å². The molecule has 0 spiro atoms. The van der Waals surface area contributed by atoms with Gasteiger partial charge in [0.2, 0.25) is 6.23 Å². The monoisotopic (exact) mass is 416 g/mol. The van der Waals surface area contributed by atoms with Gasteiger partial charge in [0.1, 0.15) is 0 Å². The smallest absolute Gasteiger partial charge is 0.214 e. The number of benzene rings is 3. The van der Waals surface area contributed by atoms with Crippen LogP contribution in [-0.2, 0) is 0 Å². The number of fused-ring (bicyclic) bond motifs is 3. The largest absolute Gasteiger partial charge is 0.493 e. The van der Waals surface area contributed by atoms with E-state index in [-0.39, 0.29) is 12.3 Å². The van der Waals surface area contributed by atoms with Gasteiger partial charge in [0.15, 0.2) is 23.0 Å². The molecule has 3 aromatic carbocycles. The minimum Gasteiger partial charge on any atom is -0.493 e. The van der Waals surface area contributed by atoms with E-state index in [9.17, 15) is 0 Å². The van der Waals surface area contributed by atoms with Gasteiger partial charge in [-0.05, 0) is 24.3 Å². The van der Waals surface area contributed by atoms with Crippen molar-refractivity contribution in [3.8, 4) is 23.0 Å². The van der Waals surface area contributed by atoms with Gasteiger partial charge >= 0.3 is 0 Å². The Morgan fingerprint density at radius 1 is 0.839 bits per heavy atom. The molecule has 0 radical (unpaired) electrons.